The summed E-state index contributed by atoms with van der Waals surface area (Å²) in [5.41, 5.74) is 0.722. The summed E-state index contributed by atoms with van der Waals surface area (Å²) in [6.07, 6.45) is 6.86. The average molecular weight is 292 g/mol. The minimum Gasteiger partial charge on any atom is -0.375 e. The summed E-state index contributed by atoms with van der Waals surface area (Å²) in [7, 11) is 0. The molecule has 4 nitrogen and oxygen atoms in total. The molecule has 102 valence electrons. The minimum atomic E-state index is 0. The highest BCUT2D eigenvalue weighted by Crippen LogP contribution is 2.16. The number of aromatic nitrogens is 2. The average Bonchev–Trinajstić information content (AvgIpc) is 2.38. The highest BCUT2D eigenvalue weighted by atomic mass is 35.5. The number of rotatable bonds is 5. The van der Waals surface area contributed by atoms with Crippen molar-refractivity contribution in [2.75, 3.05) is 19.7 Å². The van der Waals surface area contributed by atoms with Gasteiger partial charge in [0.25, 0.3) is 0 Å². The van der Waals surface area contributed by atoms with E-state index in [1.165, 1.54) is 12.8 Å². The first kappa shape index (κ1) is 15.6. The van der Waals surface area contributed by atoms with Crippen LogP contribution in [0.3, 0.4) is 0 Å². The van der Waals surface area contributed by atoms with Crippen LogP contribution in [0.25, 0.3) is 0 Å². The zero-order valence-corrected chi connectivity index (χ0v) is 11.8. The van der Waals surface area contributed by atoms with Crippen LogP contribution in [0.5, 0.6) is 0 Å². The van der Waals surface area contributed by atoms with Gasteiger partial charge in [-0.3, -0.25) is 4.98 Å². The molecule has 6 heteroatoms. The van der Waals surface area contributed by atoms with Crippen molar-refractivity contribution in [3.8, 4) is 0 Å². The van der Waals surface area contributed by atoms with Gasteiger partial charge >= 0.3 is 0 Å². The largest absolute Gasteiger partial charge is 0.375 e. The molecule has 0 radical (unpaired) electrons. The molecule has 1 aromatic rings. The molecule has 0 amide bonds. The second-order valence-electron chi connectivity index (χ2n) is 4.33. The molecule has 1 aromatic heterocycles. The first-order valence-electron chi connectivity index (χ1n) is 6.10. The Morgan fingerprint density at radius 1 is 1.28 bits per heavy atom. The van der Waals surface area contributed by atoms with Gasteiger partial charge in [0, 0.05) is 19.0 Å². The molecule has 0 atom stereocenters. The second-order valence-corrected chi connectivity index (χ2v) is 4.69. The van der Waals surface area contributed by atoms with Crippen molar-refractivity contribution in [2.24, 2.45) is 5.92 Å². The van der Waals surface area contributed by atoms with E-state index in [-0.39, 0.29) is 12.4 Å². The van der Waals surface area contributed by atoms with Crippen LogP contribution in [0.2, 0.25) is 5.15 Å². The lowest BCUT2D eigenvalue weighted by atomic mass is 9.95. The maximum atomic E-state index is 5.89. The molecule has 0 aliphatic carbocycles. The third kappa shape index (κ3) is 5.06. The standard InChI is InChI=1S/C12H18ClN3O.ClH/c13-12-11(15-6-7-16-12)9-17-8-3-10-1-4-14-5-2-10;/h6-7,10,14H,1-5,8-9H2;1H. The van der Waals surface area contributed by atoms with Crippen molar-refractivity contribution in [2.45, 2.75) is 25.9 Å². The maximum Gasteiger partial charge on any atom is 0.152 e. The van der Waals surface area contributed by atoms with E-state index in [1.54, 1.807) is 12.4 Å². The van der Waals surface area contributed by atoms with Crippen LogP contribution in [0.15, 0.2) is 12.4 Å². The summed E-state index contributed by atoms with van der Waals surface area (Å²) < 4.78 is 5.60. The molecule has 1 fully saturated rings. The van der Waals surface area contributed by atoms with Crippen molar-refractivity contribution < 1.29 is 4.74 Å². The molecule has 1 aliphatic rings. The fraction of sp³-hybridized carbons (Fsp3) is 0.667. The number of piperidine rings is 1. The molecule has 0 bridgehead atoms. The van der Waals surface area contributed by atoms with E-state index in [4.69, 9.17) is 16.3 Å². The third-order valence-corrected chi connectivity index (χ3v) is 3.41. The van der Waals surface area contributed by atoms with E-state index in [2.05, 4.69) is 15.3 Å². The highest BCUT2D eigenvalue weighted by Gasteiger charge is 2.12. The summed E-state index contributed by atoms with van der Waals surface area (Å²) in [6, 6.07) is 0. The molecule has 1 saturated heterocycles. The second kappa shape index (κ2) is 8.64. The molecular weight excluding hydrogens is 273 g/mol. The van der Waals surface area contributed by atoms with Gasteiger partial charge in [0.1, 0.15) is 5.69 Å². The molecule has 1 N–H and O–H groups in total. The first-order chi connectivity index (χ1) is 8.36. The minimum absolute atomic E-state index is 0. The van der Waals surface area contributed by atoms with Gasteiger partial charge in [0.05, 0.1) is 6.61 Å². The quantitative estimate of drug-likeness (QED) is 0.847. The van der Waals surface area contributed by atoms with Crippen molar-refractivity contribution >= 4 is 24.0 Å². The molecular formula is C12H19Cl2N3O. The lowest BCUT2D eigenvalue weighted by Crippen LogP contribution is -2.28. The van der Waals surface area contributed by atoms with Crippen LogP contribution in [-0.4, -0.2) is 29.7 Å². The van der Waals surface area contributed by atoms with Crippen molar-refractivity contribution in [3.05, 3.63) is 23.2 Å². The summed E-state index contributed by atoms with van der Waals surface area (Å²) in [4.78, 5) is 8.10. The molecule has 2 heterocycles. The van der Waals surface area contributed by atoms with Gasteiger partial charge in [-0.25, -0.2) is 4.98 Å². The van der Waals surface area contributed by atoms with E-state index >= 15 is 0 Å². The van der Waals surface area contributed by atoms with E-state index in [0.717, 1.165) is 37.7 Å². The van der Waals surface area contributed by atoms with E-state index in [1.807, 2.05) is 0 Å². The highest BCUT2D eigenvalue weighted by molar-refractivity contribution is 6.29. The Labute approximate surface area is 119 Å². The monoisotopic (exact) mass is 291 g/mol. The molecule has 0 aromatic carbocycles. The Morgan fingerprint density at radius 3 is 2.72 bits per heavy atom. The van der Waals surface area contributed by atoms with Gasteiger partial charge in [-0.15, -0.1) is 12.4 Å². The Morgan fingerprint density at radius 2 is 2.00 bits per heavy atom. The van der Waals surface area contributed by atoms with Crippen LogP contribution >= 0.6 is 24.0 Å². The number of nitrogens with one attached hydrogen (secondary N) is 1. The SMILES string of the molecule is Cl.Clc1nccnc1COCCC1CCNCC1. The van der Waals surface area contributed by atoms with Crippen LogP contribution in [-0.2, 0) is 11.3 Å². The smallest absolute Gasteiger partial charge is 0.152 e. The number of nitrogens with zero attached hydrogens (tertiary/aromatic N) is 2. The summed E-state index contributed by atoms with van der Waals surface area (Å²) >= 11 is 5.89. The lowest BCUT2D eigenvalue weighted by Gasteiger charge is -2.22. The Kier molecular flexibility index (Phi) is 7.51. The predicted molar refractivity (Wildman–Crippen MR) is 74.2 cm³/mol. The van der Waals surface area contributed by atoms with Crippen molar-refractivity contribution in [1.29, 1.82) is 0 Å². The number of halogens is 2. The lowest BCUT2D eigenvalue weighted by molar-refractivity contribution is 0.100. The van der Waals surface area contributed by atoms with Crippen LogP contribution < -0.4 is 5.32 Å². The van der Waals surface area contributed by atoms with Gasteiger partial charge in [-0.1, -0.05) is 11.6 Å². The molecule has 18 heavy (non-hydrogen) atoms. The summed E-state index contributed by atoms with van der Waals surface area (Å²) in [5, 5.41) is 3.80. The van der Waals surface area contributed by atoms with Gasteiger partial charge in [-0.05, 0) is 38.3 Å². The molecule has 0 saturated carbocycles. The Balaban J connectivity index is 0.00000162. The first-order valence-corrected chi connectivity index (χ1v) is 6.48. The number of hydrogen-bond acceptors (Lipinski definition) is 4. The number of ether oxygens (including phenoxy) is 1. The third-order valence-electron chi connectivity index (χ3n) is 3.09. The Bertz CT molecular complexity index is 346. The predicted octanol–water partition coefficient (Wildman–Crippen LogP) is 2.46. The van der Waals surface area contributed by atoms with Gasteiger partial charge in [0.15, 0.2) is 5.15 Å². The number of hydrogen-bond donors (Lipinski definition) is 1. The van der Waals surface area contributed by atoms with Gasteiger partial charge in [-0.2, -0.15) is 0 Å². The van der Waals surface area contributed by atoms with Gasteiger partial charge < -0.3 is 10.1 Å². The van der Waals surface area contributed by atoms with E-state index in [0.29, 0.717) is 11.8 Å². The molecule has 0 unspecified atom stereocenters. The Hall–Kier alpha value is -0.420. The molecule has 0 spiro atoms. The van der Waals surface area contributed by atoms with Crippen molar-refractivity contribution in [3.63, 3.8) is 0 Å². The normalized spacial score (nSPS) is 16.3. The van der Waals surface area contributed by atoms with Crippen LogP contribution in [0.4, 0.5) is 0 Å². The van der Waals surface area contributed by atoms with E-state index < -0.39 is 0 Å². The van der Waals surface area contributed by atoms with Crippen molar-refractivity contribution in [1.82, 2.24) is 15.3 Å². The maximum absolute atomic E-state index is 5.89. The fourth-order valence-electron chi connectivity index (χ4n) is 2.04. The molecule has 2 rings (SSSR count). The zero-order valence-electron chi connectivity index (χ0n) is 10.3. The van der Waals surface area contributed by atoms with E-state index in [9.17, 15) is 0 Å². The van der Waals surface area contributed by atoms with Gasteiger partial charge in [0.2, 0.25) is 0 Å². The molecule has 1 aliphatic heterocycles. The summed E-state index contributed by atoms with van der Waals surface area (Å²) in [6.45, 7) is 3.51. The fourth-order valence-corrected chi connectivity index (χ4v) is 2.20. The topological polar surface area (TPSA) is 47.0 Å². The van der Waals surface area contributed by atoms with Crippen LogP contribution in [0, 0.1) is 5.92 Å². The zero-order chi connectivity index (χ0) is 11.9. The summed E-state index contributed by atoms with van der Waals surface area (Å²) in [5.74, 6) is 0.800. The van der Waals surface area contributed by atoms with Crippen LogP contribution in [0.1, 0.15) is 25.0 Å².